The number of aryl methyl sites for hydroxylation is 2. The molecular formula is C27H29N3O4. The molecule has 1 heterocycles. The molecule has 0 fully saturated rings. The van der Waals surface area contributed by atoms with Gasteiger partial charge in [0.05, 0.1) is 12.2 Å². The molecule has 0 aliphatic rings. The monoisotopic (exact) mass is 459 g/mol. The number of carboxylic acids is 1. The number of hydrogen-bond acceptors (Lipinski definition) is 4. The van der Waals surface area contributed by atoms with Crippen LogP contribution in [0.15, 0.2) is 60.7 Å². The number of ketones is 1. The van der Waals surface area contributed by atoms with Crippen LogP contribution in [0.4, 0.5) is 0 Å². The van der Waals surface area contributed by atoms with Crippen LogP contribution in [0.1, 0.15) is 57.1 Å². The Morgan fingerprint density at radius 2 is 1.74 bits per heavy atom. The van der Waals surface area contributed by atoms with Gasteiger partial charge in [0.2, 0.25) is 5.78 Å². The molecule has 0 unspecified atom stereocenters. The van der Waals surface area contributed by atoms with Gasteiger partial charge < -0.3 is 10.4 Å². The summed E-state index contributed by atoms with van der Waals surface area (Å²) < 4.78 is 1.66. The van der Waals surface area contributed by atoms with Crippen LogP contribution in [0.25, 0.3) is 6.08 Å². The number of nitrogens with zero attached hydrogens (tertiary/aromatic N) is 2. The van der Waals surface area contributed by atoms with E-state index in [9.17, 15) is 19.5 Å². The van der Waals surface area contributed by atoms with E-state index in [4.69, 9.17) is 0 Å². The van der Waals surface area contributed by atoms with Crippen LogP contribution in [-0.2, 0) is 11.3 Å². The van der Waals surface area contributed by atoms with E-state index in [-0.39, 0.29) is 11.7 Å². The molecule has 2 aromatic carbocycles. The molecule has 1 amide bonds. The number of hydrogen-bond donors (Lipinski definition) is 2. The summed E-state index contributed by atoms with van der Waals surface area (Å²) in [5, 5.41) is 16.3. The molecule has 2 N–H and O–H groups in total. The second-order valence-electron chi connectivity index (χ2n) is 8.61. The Balaban J connectivity index is 1.73. The minimum Gasteiger partial charge on any atom is -0.480 e. The average Bonchev–Trinajstić information content (AvgIpc) is 3.17. The summed E-state index contributed by atoms with van der Waals surface area (Å²) in [6.45, 7) is 7.68. The zero-order valence-corrected chi connectivity index (χ0v) is 19.8. The molecule has 1 aromatic heterocycles. The van der Waals surface area contributed by atoms with Gasteiger partial charge in [-0.15, -0.1) is 0 Å². The number of benzene rings is 2. The van der Waals surface area contributed by atoms with Gasteiger partial charge in [0.25, 0.3) is 5.91 Å². The number of rotatable bonds is 9. The zero-order chi connectivity index (χ0) is 24.8. The third-order valence-corrected chi connectivity index (χ3v) is 5.41. The topological polar surface area (TPSA) is 101 Å². The van der Waals surface area contributed by atoms with Crippen molar-refractivity contribution in [3.63, 3.8) is 0 Å². The Labute approximate surface area is 199 Å². The van der Waals surface area contributed by atoms with E-state index in [0.717, 1.165) is 16.8 Å². The van der Waals surface area contributed by atoms with Gasteiger partial charge in [-0.25, -0.2) is 4.79 Å². The van der Waals surface area contributed by atoms with Gasteiger partial charge in [0, 0.05) is 11.1 Å². The highest BCUT2D eigenvalue weighted by molar-refractivity contribution is 6.08. The minimum atomic E-state index is -1.06. The molecule has 0 bridgehead atoms. The van der Waals surface area contributed by atoms with E-state index in [1.165, 1.54) is 0 Å². The molecule has 0 saturated heterocycles. The summed E-state index contributed by atoms with van der Waals surface area (Å²) in [6.07, 6.45) is 3.70. The maximum Gasteiger partial charge on any atom is 0.326 e. The number of allylic oxidation sites excluding steroid dienone is 1. The second-order valence-corrected chi connectivity index (χ2v) is 8.61. The lowest BCUT2D eigenvalue weighted by Crippen LogP contribution is -2.44. The van der Waals surface area contributed by atoms with Crippen LogP contribution in [0, 0.1) is 19.8 Å². The Kier molecular flexibility index (Phi) is 7.79. The maximum absolute atomic E-state index is 13.0. The molecule has 7 nitrogen and oxygen atoms in total. The zero-order valence-electron chi connectivity index (χ0n) is 19.8. The van der Waals surface area contributed by atoms with Gasteiger partial charge >= 0.3 is 5.97 Å². The summed E-state index contributed by atoms with van der Waals surface area (Å²) >= 11 is 0. The molecule has 176 valence electrons. The summed E-state index contributed by atoms with van der Waals surface area (Å²) in [6, 6.07) is 15.2. The molecule has 34 heavy (non-hydrogen) atoms. The van der Waals surface area contributed by atoms with Crippen molar-refractivity contribution >= 4 is 23.7 Å². The third-order valence-electron chi connectivity index (χ3n) is 5.41. The fourth-order valence-corrected chi connectivity index (χ4v) is 3.53. The first-order valence-corrected chi connectivity index (χ1v) is 11.1. The fourth-order valence-electron chi connectivity index (χ4n) is 3.53. The summed E-state index contributed by atoms with van der Waals surface area (Å²) in [4.78, 5) is 36.9. The van der Waals surface area contributed by atoms with Crippen molar-refractivity contribution in [1.82, 2.24) is 15.1 Å². The van der Waals surface area contributed by atoms with E-state index >= 15 is 0 Å². The van der Waals surface area contributed by atoms with Gasteiger partial charge in [0.1, 0.15) is 11.7 Å². The Morgan fingerprint density at radius 1 is 1.03 bits per heavy atom. The van der Waals surface area contributed by atoms with E-state index < -0.39 is 17.9 Å². The van der Waals surface area contributed by atoms with Crippen LogP contribution in [0.3, 0.4) is 0 Å². The number of aromatic nitrogens is 2. The predicted molar refractivity (Wildman–Crippen MR) is 131 cm³/mol. The molecular weight excluding hydrogens is 430 g/mol. The molecule has 3 aromatic rings. The lowest BCUT2D eigenvalue weighted by Gasteiger charge is -2.18. The minimum absolute atomic E-state index is 0.0918. The standard InChI is InChI=1S/C27H29N3O4/c1-17(2)24(27(33)34)28-26(32)22-9-5-7-20(16-22)8-6-14-30-23(15-19(4)29-30)25(31)21-12-10-18(3)11-13-21/h5-13,15-17,24H,14H2,1-4H3,(H,28,32)(H,33,34)/b8-6+/t24-/m0/s1. The number of carbonyl (C=O) groups excluding carboxylic acids is 2. The van der Waals surface area contributed by atoms with Crippen LogP contribution < -0.4 is 5.32 Å². The van der Waals surface area contributed by atoms with E-state index in [1.807, 2.05) is 56.3 Å². The van der Waals surface area contributed by atoms with Gasteiger partial charge in [-0.2, -0.15) is 5.10 Å². The van der Waals surface area contributed by atoms with Crippen LogP contribution in [0.2, 0.25) is 0 Å². The lowest BCUT2D eigenvalue weighted by molar-refractivity contribution is -0.140. The molecule has 7 heteroatoms. The number of amides is 1. The smallest absolute Gasteiger partial charge is 0.326 e. The highest BCUT2D eigenvalue weighted by Crippen LogP contribution is 2.14. The summed E-state index contributed by atoms with van der Waals surface area (Å²) in [7, 11) is 0. The molecule has 0 radical (unpaired) electrons. The molecule has 0 aliphatic carbocycles. The second kappa shape index (κ2) is 10.7. The summed E-state index contributed by atoms with van der Waals surface area (Å²) in [5.41, 5.74) is 4.10. The third kappa shape index (κ3) is 6.07. The summed E-state index contributed by atoms with van der Waals surface area (Å²) in [5.74, 6) is -1.83. The van der Waals surface area contributed by atoms with Gasteiger partial charge in [-0.3, -0.25) is 14.3 Å². The highest BCUT2D eigenvalue weighted by atomic mass is 16.4. The largest absolute Gasteiger partial charge is 0.480 e. The Hall–Kier alpha value is -4.00. The van der Waals surface area contributed by atoms with Crippen LogP contribution in [-0.4, -0.2) is 38.6 Å². The van der Waals surface area contributed by atoms with Gasteiger partial charge in [0.15, 0.2) is 0 Å². The van der Waals surface area contributed by atoms with Crippen molar-refractivity contribution in [1.29, 1.82) is 0 Å². The van der Waals surface area contributed by atoms with Crippen molar-refractivity contribution in [2.24, 2.45) is 5.92 Å². The Bertz CT molecular complexity index is 1220. The van der Waals surface area contributed by atoms with E-state index in [0.29, 0.717) is 23.4 Å². The molecule has 3 rings (SSSR count). The molecule has 0 spiro atoms. The van der Waals surface area contributed by atoms with Crippen molar-refractivity contribution in [2.45, 2.75) is 40.3 Å². The normalized spacial score (nSPS) is 12.1. The van der Waals surface area contributed by atoms with Gasteiger partial charge in [-0.05, 0) is 43.5 Å². The van der Waals surface area contributed by atoms with Crippen molar-refractivity contribution in [3.8, 4) is 0 Å². The number of aliphatic carboxylic acids is 1. The van der Waals surface area contributed by atoms with Gasteiger partial charge in [-0.1, -0.05) is 68.0 Å². The first kappa shape index (κ1) is 24.6. The highest BCUT2D eigenvalue weighted by Gasteiger charge is 2.24. The first-order valence-electron chi connectivity index (χ1n) is 11.1. The predicted octanol–water partition coefficient (Wildman–Crippen LogP) is 4.28. The Morgan fingerprint density at radius 3 is 2.38 bits per heavy atom. The number of carboxylic acid groups (broad SMARTS) is 1. The first-order chi connectivity index (χ1) is 16.2. The lowest BCUT2D eigenvalue weighted by atomic mass is 10.0. The van der Waals surface area contributed by atoms with Crippen molar-refractivity contribution in [2.75, 3.05) is 0 Å². The molecule has 1 atom stereocenters. The number of nitrogens with one attached hydrogen (secondary N) is 1. The molecule has 0 saturated carbocycles. The maximum atomic E-state index is 13.0. The van der Waals surface area contributed by atoms with Crippen LogP contribution in [0.5, 0.6) is 0 Å². The van der Waals surface area contributed by atoms with Crippen molar-refractivity contribution in [3.05, 3.63) is 94.3 Å². The SMILES string of the molecule is Cc1ccc(C(=O)c2cc(C)nn2C/C=C/c2cccc(C(=O)N[C@H](C(=O)O)C(C)C)c2)cc1. The van der Waals surface area contributed by atoms with Crippen LogP contribution >= 0.6 is 0 Å². The number of carbonyl (C=O) groups is 3. The quantitative estimate of drug-likeness (QED) is 0.465. The molecule has 0 aliphatic heterocycles. The van der Waals surface area contributed by atoms with E-state index in [1.54, 1.807) is 42.8 Å². The average molecular weight is 460 g/mol. The fraction of sp³-hybridized carbons (Fsp3) is 0.259. The van der Waals surface area contributed by atoms with E-state index in [2.05, 4.69) is 10.4 Å². The van der Waals surface area contributed by atoms with Crippen molar-refractivity contribution < 1.29 is 19.5 Å².